The summed E-state index contributed by atoms with van der Waals surface area (Å²) < 4.78 is 40.1. The average Bonchev–Trinajstić information content (AvgIpc) is 2.34. The van der Waals surface area contributed by atoms with Crippen LogP contribution in [-0.2, 0) is 6.54 Å². The van der Waals surface area contributed by atoms with E-state index in [2.05, 4.69) is 16.0 Å². The Morgan fingerprint density at radius 2 is 2.31 bits per heavy atom. The summed E-state index contributed by atoms with van der Waals surface area (Å²) in [6.45, 7) is 2.22. The molecular weight excluding hydrogens is 185 g/mol. The van der Waals surface area contributed by atoms with Gasteiger partial charge in [0.15, 0.2) is 0 Å². The highest BCUT2D eigenvalue weighted by molar-refractivity contribution is 5.06. The van der Waals surface area contributed by atoms with E-state index in [1.54, 1.807) is 0 Å². The van der Waals surface area contributed by atoms with Crippen molar-refractivity contribution in [2.75, 3.05) is 0 Å². The first-order valence-corrected chi connectivity index (χ1v) is 3.72. The summed E-state index contributed by atoms with van der Waals surface area (Å²) in [6.07, 6.45) is -1.69. The van der Waals surface area contributed by atoms with Gasteiger partial charge in [-0.3, -0.25) is 0 Å². The lowest BCUT2D eigenvalue weighted by molar-refractivity contribution is -0.277. The minimum absolute atomic E-state index is 0.325. The van der Waals surface area contributed by atoms with E-state index in [0.717, 1.165) is 10.7 Å². The van der Waals surface area contributed by atoms with Crippen LogP contribution in [0.3, 0.4) is 0 Å². The number of rotatable bonds is 3. The molecule has 0 aliphatic carbocycles. The third-order valence-corrected chi connectivity index (χ3v) is 1.28. The molecule has 3 nitrogen and oxygen atoms in total. The van der Waals surface area contributed by atoms with Crippen molar-refractivity contribution in [2.24, 2.45) is 0 Å². The lowest BCUT2D eigenvalue weighted by atomic mass is 10.5. The minimum atomic E-state index is -4.67. The van der Waals surface area contributed by atoms with Crippen LogP contribution in [0.2, 0.25) is 0 Å². The number of halogens is 3. The van der Waals surface area contributed by atoms with Gasteiger partial charge in [0.25, 0.3) is 0 Å². The van der Waals surface area contributed by atoms with Gasteiger partial charge in [0, 0.05) is 12.6 Å². The Balaban J connectivity index is 2.70. The molecule has 1 heterocycles. The van der Waals surface area contributed by atoms with Crippen LogP contribution in [0.1, 0.15) is 13.3 Å². The van der Waals surface area contributed by atoms with Gasteiger partial charge in [-0.2, -0.15) is 5.10 Å². The maximum Gasteiger partial charge on any atom is 0.574 e. The molecule has 1 radical (unpaired) electrons. The first-order valence-electron chi connectivity index (χ1n) is 3.72. The van der Waals surface area contributed by atoms with Gasteiger partial charge in [0.2, 0.25) is 5.88 Å². The SMILES string of the molecule is CCCn1n[c]cc1OC(F)(F)F. The van der Waals surface area contributed by atoms with Gasteiger partial charge in [-0.05, 0) is 6.42 Å². The van der Waals surface area contributed by atoms with Gasteiger partial charge in [-0.1, -0.05) is 6.92 Å². The van der Waals surface area contributed by atoms with Gasteiger partial charge in [-0.15, -0.1) is 13.2 Å². The fourth-order valence-electron chi connectivity index (χ4n) is 0.850. The topological polar surface area (TPSA) is 27.1 Å². The molecule has 1 aromatic rings. The first-order chi connectivity index (χ1) is 6.03. The minimum Gasteiger partial charge on any atom is -0.388 e. The van der Waals surface area contributed by atoms with Crippen LogP contribution in [0, 0.1) is 6.20 Å². The molecule has 0 fully saturated rings. The van der Waals surface area contributed by atoms with Crippen molar-refractivity contribution in [3.05, 3.63) is 12.3 Å². The Kier molecular flexibility index (Phi) is 2.79. The van der Waals surface area contributed by atoms with Crippen LogP contribution in [0.4, 0.5) is 13.2 Å². The van der Waals surface area contributed by atoms with Gasteiger partial charge in [-0.25, -0.2) is 4.68 Å². The zero-order chi connectivity index (χ0) is 9.90. The van der Waals surface area contributed by atoms with Crippen LogP contribution < -0.4 is 4.74 Å². The van der Waals surface area contributed by atoms with Crippen LogP contribution in [0.5, 0.6) is 5.88 Å². The second-order valence-corrected chi connectivity index (χ2v) is 2.38. The molecule has 0 N–H and O–H groups in total. The van der Waals surface area contributed by atoms with Crippen LogP contribution in [-0.4, -0.2) is 16.1 Å². The highest BCUT2D eigenvalue weighted by atomic mass is 19.4. The molecule has 13 heavy (non-hydrogen) atoms. The average molecular weight is 193 g/mol. The Hall–Kier alpha value is -1.20. The Bertz CT molecular complexity index is 269. The zero-order valence-electron chi connectivity index (χ0n) is 6.93. The number of nitrogens with zero attached hydrogens (tertiary/aromatic N) is 2. The van der Waals surface area contributed by atoms with Crippen LogP contribution >= 0.6 is 0 Å². The quantitative estimate of drug-likeness (QED) is 0.734. The maximum absolute atomic E-state index is 11.8. The number of aromatic nitrogens is 2. The number of ether oxygens (including phenoxy) is 1. The number of hydrogen-bond acceptors (Lipinski definition) is 2. The summed E-state index contributed by atoms with van der Waals surface area (Å²) in [5.41, 5.74) is 0. The standard InChI is InChI=1S/C7H8F3N2O/c1-2-5-12-6(3-4-11-12)13-7(8,9)10/h3H,2,5H2,1H3. The van der Waals surface area contributed by atoms with Crippen LogP contribution in [0.15, 0.2) is 6.07 Å². The molecule has 0 atom stereocenters. The van der Waals surface area contributed by atoms with Gasteiger partial charge in [0.1, 0.15) is 6.20 Å². The molecule has 0 spiro atoms. The fourth-order valence-corrected chi connectivity index (χ4v) is 0.850. The molecule has 0 bridgehead atoms. The van der Waals surface area contributed by atoms with E-state index >= 15 is 0 Å². The lowest BCUT2D eigenvalue weighted by Crippen LogP contribution is -2.19. The van der Waals surface area contributed by atoms with Gasteiger partial charge >= 0.3 is 6.36 Å². The van der Waals surface area contributed by atoms with Crippen LogP contribution in [0.25, 0.3) is 0 Å². The van der Waals surface area contributed by atoms with E-state index in [4.69, 9.17) is 0 Å². The second kappa shape index (κ2) is 3.68. The van der Waals surface area contributed by atoms with Crippen molar-refractivity contribution in [3.8, 4) is 5.88 Å². The van der Waals surface area contributed by atoms with Crippen molar-refractivity contribution < 1.29 is 17.9 Å². The fraction of sp³-hybridized carbons (Fsp3) is 0.571. The highest BCUT2D eigenvalue weighted by Crippen LogP contribution is 2.21. The summed E-state index contributed by atoms with van der Waals surface area (Å²) in [7, 11) is 0. The van der Waals surface area contributed by atoms with Crippen molar-refractivity contribution in [3.63, 3.8) is 0 Å². The number of alkyl halides is 3. The molecule has 73 valence electrons. The van der Waals surface area contributed by atoms with E-state index in [9.17, 15) is 13.2 Å². The van der Waals surface area contributed by atoms with Gasteiger partial charge in [0.05, 0.1) is 0 Å². The van der Waals surface area contributed by atoms with Crippen molar-refractivity contribution >= 4 is 0 Å². The molecular formula is C7H8F3N2O. The third kappa shape index (κ3) is 2.96. The summed E-state index contributed by atoms with van der Waals surface area (Å²) in [5.74, 6) is -0.325. The zero-order valence-corrected chi connectivity index (χ0v) is 6.93. The first kappa shape index (κ1) is 9.88. The molecule has 1 aromatic heterocycles. The highest BCUT2D eigenvalue weighted by Gasteiger charge is 2.32. The predicted octanol–water partition coefficient (Wildman–Crippen LogP) is 1.99. The molecule has 0 amide bonds. The molecule has 6 heteroatoms. The Morgan fingerprint density at radius 1 is 1.62 bits per heavy atom. The molecule has 1 rings (SSSR count). The predicted molar refractivity (Wildman–Crippen MR) is 38.0 cm³/mol. The largest absolute Gasteiger partial charge is 0.574 e. The summed E-state index contributed by atoms with van der Waals surface area (Å²) in [5, 5.41) is 3.56. The number of hydrogen-bond donors (Lipinski definition) is 0. The second-order valence-electron chi connectivity index (χ2n) is 2.38. The molecule has 0 aromatic carbocycles. The van der Waals surface area contributed by atoms with E-state index in [1.165, 1.54) is 0 Å². The maximum atomic E-state index is 11.8. The molecule has 0 aliphatic heterocycles. The van der Waals surface area contributed by atoms with Crippen molar-refractivity contribution in [1.82, 2.24) is 9.78 Å². The number of aryl methyl sites for hydroxylation is 1. The van der Waals surface area contributed by atoms with Crippen molar-refractivity contribution in [2.45, 2.75) is 26.3 Å². The lowest BCUT2D eigenvalue weighted by Gasteiger charge is -2.09. The Labute approximate surface area is 73.1 Å². The summed E-state index contributed by atoms with van der Waals surface area (Å²) in [4.78, 5) is 0. The molecule has 0 aliphatic rings. The molecule has 0 unspecified atom stereocenters. The smallest absolute Gasteiger partial charge is 0.388 e. The van der Waals surface area contributed by atoms with Gasteiger partial charge < -0.3 is 4.74 Å². The van der Waals surface area contributed by atoms with Crippen molar-refractivity contribution in [1.29, 1.82) is 0 Å². The van der Waals surface area contributed by atoms with E-state index < -0.39 is 6.36 Å². The van der Waals surface area contributed by atoms with E-state index in [0.29, 0.717) is 13.0 Å². The Morgan fingerprint density at radius 3 is 2.85 bits per heavy atom. The monoisotopic (exact) mass is 193 g/mol. The van der Waals surface area contributed by atoms with E-state index in [-0.39, 0.29) is 5.88 Å². The normalized spacial score (nSPS) is 11.7. The summed E-state index contributed by atoms with van der Waals surface area (Å²) in [6, 6.07) is 1.06. The summed E-state index contributed by atoms with van der Waals surface area (Å²) >= 11 is 0. The third-order valence-electron chi connectivity index (χ3n) is 1.28. The van der Waals surface area contributed by atoms with E-state index in [1.807, 2.05) is 6.92 Å². The molecule has 0 saturated heterocycles. The molecule has 0 saturated carbocycles.